The van der Waals surface area contributed by atoms with E-state index in [-0.39, 0.29) is 6.04 Å². The van der Waals surface area contributed by atoms with E-state index < -0.39 is 6.09 Å². The van der Waals surface area contributed by atoms with Crippen LogP contribution in [0.1, 0.15) is 0 Å². The second-order valence-electron chi connectivity index (χ2n) is 2.79. The Hall–Kier alpha value is -0.810. The van der Waals surface area contributed by atoms with E-state index in [4.69, 9.17) is 9.84 Å². The van der Waals surface area contributed by atoms with Crippen LogP contribution in [0, 0.1) is 0 Å². The quantitative estimate of drug-likeness (QED) is 0.597. The molecule has 5 nitrogen and oxygen atoms in total. The molecule has 1 atom stereocenters. The smallest absolute Gasteiger partial charge is 0.407 e. The maximum absolute atomic E-state index is 10.7. The summed E-state index contributed by atoms with van der Waals surface area (Å²) in [5.41, 5.74) is 0. The molecule has 0 spiro atoms. The lowest BCUT2D eigenvalue weighted by atomic mass is 10.2. The van der Waals surface area contributed by atoms with Gasteiger partial charge in [0.2, 0.25) is 0 Å². The molecule has 12 heavy (non-hydrogen) atoms. The van der Waals surface area contributed by atoms with Crippen LogP contribution in [0.25, 0.3) is 0 Å². The fraction of sp³-hybridized carbons (Fsp3) is 0.857. The van der Waals surface area contributed by atoms with E-state index in [9.17, 15) is 4.79 Å². The molecular weight excluding hydrogens is 160 g/mol. The Balaban J connectivity index is 2.48. The summed E-state index contributed by atoms with van der Waals surface area (Å²) in [4.78, 5) is 12.1. The van der Waals surface area contributed by atoms with E-state index in [1.165, 1.54) is 4.90 Å². The van der Waals surface area contributed by atoms with Crippen LogP contribution in [0.3, 0.4) is 0 Å². The zero-order valence-electron chi connectivity index (χ0n) is 7.12. The molecule has 0 radical (unpaired) electrons. The Labute approximate surface area is 71.3 Å². The van der Waals surface area contributed by atoms with Gasteiger partial charge >= 0.3 is 6.09 Å². The van der Waals surface area contributed by atoms with Gasteiger partial charge in [-0.2, -0.15) is 0 Å². The van der Waals surface area contributed by atoms with Crippen LogP contribution >= 0.6 is 0 Å². The minimum Gasteiger partial charge on any atom is -0.465 e. The number of methoxy groups -OCH3 is 1. The molecule has 5 heteroatoms. The van der Waals surface area contributed by atoms with Gasteiger partial charge in [-0.25, -0.2) is 4.79 Å². The van der Waals surface area contributed by atoms with Crippen LogP contribution in [-0.2, 0) is 4.74 Å². The average molecular weight is 174 g/mol. The normalized spacial score (nSPS) is 24.1. The van der Waals surface area contributed by atoms with Crippen LogP contribution in [0.15, 0.2) is 0 Å². The number of carbonyl (C=O) groups is 1. The summed E-state index contributed by atoms with van der Waals surface area (Å²) in [6.45, 7) is 2.41. The Bertz CT molecular complexity index is 161. The van der Waals surface area contributed by atoms with Crippen molar-refractivity contribution >= 4 is 6.09 Å². The number of nitrogens with one attached hydrogen (secondary N) is 1. The minimum absolute atomic E-state index is 0.0405. The zero-order chi connectivity index (χ0) is 8.97. The monoisotopic (exact) mass is 174 g/mol. The van der Waals surface area contributed by atoms with Crippen molar-refractivity contribution in [3.05, 3.63) is 0 Å². The van der Waals surface area contributed by atoms with Crippen LogP contribution in [0.2, 0.25) is 0 Å². The van der Waals surface area contributed by atoms with E-state index in [0.717, 1.165) is 6.54 Å². The van der Waals surface area contributed by atoms with Gasteiger partial charge < -0.3 is 20.1 Å². The molecule has 70 valence electrons. The third kappa shape index (κ3) is 2.09. The average Bonchev–Trinajstić information content (AvgIpc) is 2.05. The number of amides is 1. The Morgan fingerprint density at radius 1 is 1.83 bits per heavy atom. The molecular formula is C7H14N2O3. The van der Waals surface area contributed by atoms with Gasteiger partial charge in [-0.1, -0.05) is 0 Å². The van der Waals surface area contributed by atoms with Crippen molar-refractivity contribution in [3.63, 3.8) is 0 Å². The summed E-state index contributed by atoms with van der Waals surface area (Å²) < 4.78 is 4.92. The van der Waals surface area contributed by atoms with Crippen molar-refractivity contribution in [2.75, 3.05) is 33.4 Å². The molecule has 2 N–H and O–H groups in total. The maximum Gasteiger partial charge on any atom is 0.407 e. The molecule has 0 aromatic heterocycles. The number of hydrogen-bond acceptors (Lipinski definition) is 3. The highest BCUT2D eigenvalue weighted by molar-refractivity contribution is 5.65. The number of ether oxygens (including phenoxy) is 1. The number of hydrogen-bond donors (Lipinski definition) is 2. The molecule has 0 bridgehead atoms. The molecule has 0 aliphatic carbocycles. The molecule has 1 heterocycles. The van der Waals surface area contributed by atoms with Crippen molar-refractivity contribution in [1.29, 1.82) is 0 Å². The topological polar surface area (TPSA) is 61.8 Å². The SMILES string of the molecule is COCC1CNCCN1C(=O)O. The van der Waals surface area contributed by atoms with Crippen LogP contribution in [0.4, 0.5) is 4.79 Å². The van der Waals surface area contributed by atoms with Crippen LogP contribution in [0.5, 0.6) is 0 Å². The van der Waals surface area contributed by atoms with E-state index in [1.54, 1.807) is 7.11 Å². The summed E-state index contributed by atoms with van der Waals surface area (Å²) in [6.07, 6.45) is -0.862. The lowest BCUT2D eigenvalue weighted by molar-refractivity contribution is 0.0677. The van der Waals surface area contributed by atoms with Gasteiger partial charge in [0.25, 0.3) is 0 Å². The van der Waals surface area contributed by atoms with E-state index >= 15 is 0 Å². The second kappa shape index (κ2) is 4.27. The molecule has 1 aliphatic heterocycles. The minimum atomic E-state index is -0.862. The van der Waals surface area contributed by atoms with E-state index in [0.29, 0.717) is 19.7 Å². The van der Waals surface area contributed by atoms with Crippen LogP contribution in [-0.4, -0.2) is 55.5 Å². The standard InChI is InChI=1S/C7H14N2O3/c1-12-5-6-4-8-2-3-9(6)7(10)11/h6,8H,2-5H2,1H3,(H,10,11). The number of carboxylic acid groups (broad SMARTS) is 1. The lowest BCUT2D eigenvalue weighted by Gasteiger charge is -2.33. The van der Waals surface area contributed by atoms with Crippen molar-refractivity contribution in [2.24, 2.45) is 0 Å². The van der Waals surface area contributed by atoms with E-state index in [2.05, 4.69) is 5.32 Å². The summed E-state index contributed by atoms with van der Waals surface area (Å²) >= 11 is 0. The number of piperazine rings is 1. The van der Waals surface area contributed by atoms with Crippen molar-refractivity contribution < 1.29 is 14.6 Å². The highest BCUT2D eigenvalue weighted by Gasteiger charge is 2.25. The molecule has 1 aliphatic rings. The lowest BCUT2D eigenvalue weighted by Crippen LogP contribution is -2.55. The van der Waals surface area contributed by atoms with E-state index in [1.807, 2.05) is 0 Å². The molecule has 1 rings (SSSR count). The summed E-state index contributed by atoms with van der Waals surface area (Å²) in [7, 11) is 1.58. The fourth-order valence-corrected chi connectivity index (χ4v) is 1.35. The Morgan fingerprint density at radius 2 is 2.58 bits per heavy atom. The Kier molecular flexibility index (Phi) is 3.31. The molecule has 0 aromatic rings. The van der Waals surface area contributed by atoms with Gasteiger partial charge in [0.1, 0.15) is 0 Å². The molecule has 0 aromatic carbocycles. The first-order valence-corrected chi connectivity index (χ1v) is 3.95. The largest absolute Gasteiger partial charge is 0.465 e. The summed E-state index contributed by atoms with van der Waals surface area (Å²) in [5.74, 6) is 0. The summed E-state index contributed by atoms with van der Waals surface area (Å²) in [5, 5.41) is 11.9. The molecule has 1 unspecified atom stereocenters. The zero-order valence-corrected chi connectivity index (χ0v) is 7.12. The van der Waals surface area contributed by atoms with Gasteiger partial charge in [0.05, 0.1) is 12.6 Å². The van der Waals surface area contributed by atoms with Gasteiger partial charge in [-0.3, -0.25) is 0 Å². The first-order chi connectivity index (χ1) is 5.75. The van der Waals surface area contributed by atoms with Gasteiger partial charge in [0, 0.05) is 26.7 Å². The molecule has 1 amide bonds. The summed E-state index contributed by atoms with van der Waals surface area (Å²) in [6, 6.07) is -0.0405. The first kappa shape index (κ1) is 9.28. The van der Waals surface area contributed by atoms with Gasteiger partial charge in [-0.15, -0.1) is 0 Å². The molecule has 1 fully saturated rings. The number of rotatable bonds is 2. The molecule has 0 saturated carbocycles. The highest BCUT2D eigenvalue weighted by atomic mass is 16.5. The second-order valence-corrected chi connectivity index (χ2v) is 2.79. The predicted octanol–water partition coefficient (Wildman–Crippen LogP) is -0.415. The third-order valence-electron chi connectivity index (χ3n) is 1.95. The van der Waals surface area contributed by atoms with Crippen molar-refractivity contribution in [2.45, 2.75) is 6.04 Å². The predicted molar refractivity (Wildman–Crippen MR) is 43.3 cm³/mol. The van der Waals surface area contributed by atoms with Crippen molar-refractivity contribution in [1.82, 2.24) is 10.2 Å². The van der Waals surface area contributed by atoms with Crippen LogP contribution < -0.4 is 5.32 Å². The first-order valence-electron chi connectivity index (χ1n) is 3.95. The van der Waals surface area contributed by atoms with Gasteiger partial charge in [-0.05, 0) is 0 Å². The third-order valence-corrected chi connectivity index (χ3v) is 1.95. The highest BCUT2D eigenvalue weighted by Crippen LogP contribution is 2.03. The Morgan fingerprint density at radius 3 is 3.17 bits per heavy atom. The fourth-order valence-electron chi connectivity index (χ4n) is 1.35. The van der Waals surface area contributed by atoms with Crippen molar-refractivity contribution in [3.8, 4) is 0 Å². The molecule has 1 saturated heterocycles. The number of nitrogens with zero attached hydrogens (tertiary/aromatic N) is 1. The maximum atomic E-state index is 10.7. The van der Waals surface area contributed by atoms with Gasteiger partial charge in [0.15, 0.2) is 0 Å².